The van der Waals surface area contributed by atoms with Gasteiger partial charge in [0.05, 0.1) is 5.52 Å². The predicted octanol–water partition coefficient (Wildman–Crippen LogP) is 3.76. The fraction of sp³-hybridized carbons (Fsp3) is 0.500. The second-order valence-electron chi connectivity index (χ2n) is 8.52. The molecule has 1 aliphatic rings. The maximum Gasteiger partial charge on any atom is 0.250 e. The van der Waals surface area contributed by atoms with E-state index < -0.39 is 6.04 Å². The van der Waals surface area contributed by atoms with Crippen LogP contribution in [0.1, 0.15) is 63.0 Å². The van der Waals surface area contributed by atoms with Crippen molar-refractivity contribution in [3.8, 4) is 0 Å². The summed E-state index contributed by atoms with van der Waals surface area (Å²) in [6.07, 6.45) is 5.88. The van der Waals surface area contributed by atoms with Gasteiger partial charge in [0.1, 0.15) is 23.6 Å². The molecule has 0 saturated heterocycles. The molecule has 0 bridgehead atoms. The number of amides is 2. The van der Waals surface area contributed by atoms with E-state index in [1.54, 1.807) is 15.6 Å². The Balaban J connectivity index is 1.62. The highest BCUT2D eigenvalue weighted by Gasteiger charge is 2.35. The van der Waals surface area contributed by atoms with Gasteiger partial charge in [-0.1, -0.05) is 43.5 Å². The minimum absolute atomic E-state index is 0.0110. The number of para-hydroxylation sites is 1. The monoisotopic (exact) mass is 437 g/mol. The summed E-state index contributed by atoms with van der Waals surface area (Å²) in [4.78, 5) is 28.6. The number of benzene rings is 1. The normalized spacial score (nSPS) is 15.2. The van der Waals surface area contributed by atoms with Crippen LogP contribution in [-0.4, -0.2) is 44.3 Å². The summed E-state index contributed by atoms with van der Waals surface area (Å²) in [6.45, 7) is 4.38. The number of aromatic nitrogens is 3. The first-order valence-electron chi connectivity index (χ1n) is 11.5. The van der Waals surface area contributed by atoms with Crippen molar-refractivity contribution < 1.29 is 14.0 Å². The summed E-state index contributed by atoms with van der Waals surface area (Å²) in [6, 6.07) is 10.5. The van der Waals surface area contributed by atoms with Gasteiger partial charge in [-0.15, -0.1) is 5.10 Å². The van der Waals surface area contributed by atoms with E-state index in [-0.39, 0.29) is 24.4 Å². The SMILES string of the molecule is CCCCN(C(=O)Cn1nnc2ccccc21)C(C(=O)NC1CCCC1)c1ccc(C)o1. The van der Waals surface area contributed by atoms with Crippen molar-refractivity contribution in [1.29, 1.82) is 0 Å². The summed E-state index contributed by atoms with van der Waals surface area (Å²) in [5, 5.41) is 11.5. The van der Waals surface area contributed by atoms with Crippen LogP contribution in [-0.2, 0) is 16.1 Å². The molecule has 3 aromatic rings. The number of carbonyl (C=O) groups excluding carboxylic acids is 2. The summed E-state index contributed by atoms with van der Waals surface area (Å²) in [5.74, 6) is 0.837. The molecule has 8 heteroatoms. The van der Waals surface area contributed by atoms with Gasteiger partial charge in [-0.05, 0) is 50.5 Å². The van der Waals surface area contributed by atoms with Crippen LogP contribution in [0.4, 0.5) is 0 Å². The van der Waals surface area contributed by atoms with E-state index in [1.165, 1.54) is 0 Å². The molecule has 2 heterocycles. The minimum atomic E-state index is -0.807. The van der Waals surface area contributed by atoms with Crippen LogP contribution in [0.3, 0.4) is 0 Å². The van der Waals surface area contributed by atoms with Crippen molar-refractivity contribution in [2.75, 3.05) is 6.54 Å². The summed E-state index contributed by atoms with van der Waals surface area (Å²) >= 11 is 0. The van der Waals surface area contributed by atoms with Gasteiger partial charge >= 0.3 is 0 Å². The molecule has 1 fully saturated rings. The van der Waals surface area contributed by atoms with Gasteiger partial charge in [-0.25, -0.2) is 4.68 Å². The number of furan rings is 1. The van der Waals surface area contributed by atoms with Crippen LogP contribution in [0.25, 0.3) is 11.0 Å². The number of nitrogens with zero attached hydrogens (tertiary/aromatic N) is 4. The van der Waals surface area contributed by atoms with Gasteiger partial charge in [-0.2, -0.15) is 0 Å². The molecule has 8 nitrogen and oxygen atoms in total. The first-order valence-corrected chi connectivity index (χ1v) is 11.5. The Bertz CT molecular complexity index is 1070. The molecule has 1 unspecified atom stereocenters. The first kappa shape index (κ1) is 22.0. The lowest BCUT2D eigenvalue weighted by atomic mass is 10.1. The average Bonchev–Trinajstić information content (AvgIpc) is 3.53. The lowest BCUT2D eigenvalue weighted by Crippen LogP contribution is -2.47. The van der Waals surface area contributed by atoms with Crippen LogP contribution in [0.5, 0.6) is 0 Å². The van der Waals surface area contributed by atoms with E-state index in [0.29, 0.717) is 18.1 Å². The zero-order valence-electron chi connectivity index (χ0n) is 18.8. The van der Waals surface area contributed by atoms with E-state index in [4.69, 9.17) is 4.42 Å². The molecule has 1 aromatic carbocycles. The second kappa shape index (κ2) is 9.97. The second-order valence-corrected chi connectivity index (χ2v) is 8.52. The molecule has 0 spiro atoms. The average molecular weight is 438 g/mol. The molecular weight excluding hydrogens is 406 g/mol. The predicted molar refractivity (Wildman–Crippen MR) is 121 cm³/mol. The van der Waals surface area contributed by atoms with Crippen LogP contribution < -0.4 is 5.32 Å². The molecule has 0 aliphatic heterocycles. The van der Waals surface area contributed by atoms with Crippen LogP contribution >= 0.6 is 0 Å². The molecule has 4 rings (SSSR count). The third kappa shape index (κ3) is 4.84. The highest BCUT2D eigenvalue weighted by molar-refractivity contribution is 5.89. The van der Waals surface area contributed by atoms with E-state index in [2.05, 4.69) is 22.6 Å². The highest BCUT2D eigenvalue weighted by Crippen LogP contribution is 2.27. The Morgan fingerprint density at radius 2 is 2.00 bits per heavy atom. The number of nitrogens with one attached hydrogen (secondary N) is 1. The van der Waals surface area contributed by atoms with Crippen LogP contribution in [0, 0.1) is 6.92 Å². The van der Waals surface area contributed by atoms with Crippen molar-refractivity contribution >= 4 is 22.8 Å². The maximum absolute atomic E-state index is 13.5. The van der Waals surface area contributed by atoms with E-state index in [0.717, 1.165) is 49.6 Å². The third-order valence-corrected chi connectivity index (χ3v) is 6.07. The Morgan fingerprint density at radius 3 is 2.72 bits per heavy atom. The van der Waals surface area contributed by atoms with Gasteiger partial charge in [0, 0.05) is 12.6 Å². The van der Waals surface area contributed by atoms with E-state index in [9.17, 15) is 9.59 Å². The minimum Gasteiger partial charge on any atom is -0.464 e. The largest absolute Gasteiger partial charge is 0.464 e. The maximum atomic E-state index is 13.5. The lowest BCUT2D eigenvalue weighted by molar-refractivity contribution is -0.142. The molecule has 2 aromatic heterocycles. The van der Waals surface area contributed by atoms with Crippen molar-refractivity contribution in [2.45, 2.75) is 71.0 Å². The third-order valence-electron chi connectivity index (χ3n) is 6.07. The Morgan fingerprint density at radius 1 is 1.22 bits per heavy atom. The summed E-state index contributed by atoms with van der Waals surface area (Å²) in [7, 11) is 0. The van der Waals surface area contributed by atoms with Gasteiger partial charge in [0.15, 0.2) is 6.04 Å². The fourth-order valence-corrected chi connectivity index (χ4v) is 4.35. The van der Waals surface area contributed by atoms with Gasteiger partial charge in [-0.3, -0.25) is 9.59 Å². The smallest absolute Gasteiger partial charge is 0.250 e. The Kier molecular flexibility index (Phi) is 6.87. The number of rotatable bonds is 9. The number of aryl methyl sites for hydroxylation is 1. The topological polar surface area (TPSA) is 93.3 Å². The molecular formula is C24H31N5O3. The van der Waals surface area contributed by atoms with Crippen molar-refractivity contribution in [1.82, 2.24) is 25.2 Å². The van der Waals surface area contributed by atoms with Gasteiger partial charge < -0.3 is 14.6 Å². The molecule has 0 radical (unpaired) electrons. The van der Waals surface area contributed by atoms with Crippen molar-refractivity contribution in [2.24, 2.45) is 0 Å². The molecule has 1 atom stereocenters. The van der Waals surface area contributed by atoms with Crippen LogP contribution in [0.2, 0.25) is 0 Å². The van der Waals surface area contributed by atoms with Crippen molar-refractivity contribution in [3.05, 3.63) is 47.9 Å². The fourth-order valence-electron chi connectivity index (χ4n) is 4.35. The molecule has 1 N–H and O–H groups in total. The first-order chi connectivity index (χ1) is 15.6. The number of hydrogen-bond donors (Lipinski definition) is 1. The highest BCUT2D eigenvalue weighted by atomic mass is 16.3. The molecule has 1 aliphatic carbocycles. The molecule has 32 heavy (non-hydrogen) atoms. The van der Waals surface area contributed by atoms with Gasteiger partial charge in [0.25, 0.3) is 5.91 Å². The van der Waals surface area contributed by atoms with Crippen LogP contribution in [0.15, 0.2) is 40.8 Å². The number of hydrogen-bond acceptors (Lipinski definition) is 5. The molecule has 1 saturated carbocycles. The Labute approximate surface area is 187 Å². The number of unbranched alkanes of at least 4 members (excludes halogenated alkanes) is 1. The Hall–Kier alpha value is -3.16. The zero-order valence-corrected chi connectivity index (χ0v) is 18.8. The quantitative estimate of drug-likeness (QED) is 0.550. The lowest BCUT2D eigenvalue weighted by Gasteiger charge is -2.30. The van der Waals surface area contributed by atoms with Crippen molar-refractivity contribution in [3.63, 3.8) is 0 Å². The summed E-state index contributed by atoms with van der Waals surface area (Å²) in [5.41, 5.74) is 1.52. The van der Waals surface area contributed by atoms with E-state index in [1.807, 2.05) is 37.3 Å². The number of fused-ring (bicyclic) bond motifs is 1. The standard InChI is InChI=1S/C24H31N5O3/c1-3-4-15-28(22(30)16-29-20-12-8-7-11-19(20)26-27-29)23(21-14-13-17(2)32-21)24(31)25-18-9-5-6-10-18/h7-8,11-14,18,23H,3-6,9-10,15-16H2,1-2H3,(H,25,31). The number of carbonyl (C=O) groups is 2. The summed E-state index contributed by atoms with van der Waals surface area (Å²) < 4.78 is 7.45. The van der Waals surface area contributed by atoms with Gasteiger partial charge in [0.2, 0.25) is 5.91 Å². The molecule has 170 valence electrons. The molecule has 2 amide bonds. The van der Waals surface area contributed by atoms with E-state index >= 15 is 0 Å². The zero-order chi connectivity index (χ0) is 22.5.